The van der Waals surface area contributed by atoms with Crippen LogP contribution in [0.4, 0.5) is 0 Å². The number of hydrogen-bond donors (Lipinski definition) is 0. The Balaban J connectivity index is 1.57. The minimum Gasteiger partial charge on any atom is -0.454 e. The second-order valence-electron chi connectivity index (χ2n) is 6.76. The third kappa shape index (κ3) is 4.57. The number of nitrogens with zero attached hydrogens (tertiary/aromatic N) is 1. The van der Waals surface area contributed by atoms with E-state index in [1.54, 1.807) is 11.8 Å². The highest BCUT2D eigenvalue weighted by Crippen LogP contribution is 2.37. The fourth-order valence-corrected chi connectivity index (χ4v) is 4.42. The van der Waals surface area contributed by atoms with E-state index in [4.69, 9.17) is 9.47 Å². The molecule has 3 aromatic carbocycles. The van der Waals surface area contributed by atoms with Crippen LogP contribution in [0.2, 0.25) is 0 Å². The van der Waals surface area contributed by atoms with Gasteiger partial charge in [-0.1, -0.05) is 54.6 Å². The molecule has 0 fully saturated rings. The van der Waals surface area contributed by atoms with E-state index in [2.05, 4.69) is 0 Å². The van der Waals surface area contributed by atoms with Gasteiger partial charge in [0.25, 0.3) is 0 Å². The molecule has 1 aliphatic heterocycles. The van der Waals surface area contributed by atoms with Gasteiger partial charge < -0.3 is 14.4 Å². The zero-order valence-corrected chi connectivity index (χ0v) is 17.1. The first kappa shape index (κ1) is 19.4. The Bertz CT molecular complexity index is 962. The molecule has 0 aromatic heterocycles. The lowest BCUT2D eigenvalue weighted by molar-refractivity contribution is -0.131. The number of fused-ring (bicyclic) bond motifs is 1. The SMILES string of the molecule is CCN(Cc1ccc2c(c1)OCO2)C(=O)C(Sc1ccccc1)c1ccccc1. The molecular weight excluding hydrogens is 382 g/mol. The van der Waals surface area contributed by atoms with Gasteiger partial charge in [0.05, 0.1) is 0 Å². The molecule has 3 aromatic rings. The van der Waals surface area contributed by atoms with Gasteiger partial charge in [0.1, 0.15) is 5.25 Å². The summed E-state index contributed by atoms with van der Waals surface area (Å²) in [7, 11) is 0. The topological polar surface area (TPSA) is 38.8 Å². The number of amides is 1. The molecule has 0 radical (unpaired) electrons. The quantitative estimate of drug-likeness (QED) is 0.500. The molecule has 1 atom stereocenters. The number of rotatable bonds is 7. The third-order valence-electron chi connectivity index (χ3n) is 4.83. The molecule has 5 heteroatoms. The first-order chi connectivity index (χ1) is 14.2. The maximum absolute atomic E-state index is 13.6. The molecule has 1 aliphatic rings. The number of carbonyl (C=O) groups is 1. The molecule has 29 heavy (non-hydrogen) atoms. The van der Waals surface area contributed by atoms with Gasteiger partial charge in [-0.05, 0) is 42.3 Å². The van der Waals surface area contributed by atoms with Gasteiger partial charge in [0, 0.05) is 18.0 Å². The summed E-state index contributed by atoms with van der Waals surface area (Å²) in [6.07, 6.45) is 0. The van der Waals surface area contributed by atoms with Gasteiger partial charge in [-0.15, -0.1) is 11.8 Å². The summed E-state index contributed by atoms with van der Waals surface area (Å²) in [4.78, 5) is 16.5. The molecule has 1 unspecified atom stereocenters. The van der Waals surface area contributed by atoms with Gasteiger partial charge in [0.2, 0.25) is 12.7 Å². The van der Waals surface area contributed by atoms with E-state index in [9.17, 15) is 4.79 Å². The number of likely N-dealkylation sites (N-methyl/N-ethyl adjacent to an activating group) is 1. The lowest BCUT2D eigenvalue weighted by Gasteiger charge is -2.26. The summed E-state index contributed by atoms with van der Waals surface area (Å²) >= 11 is 1.59. The van der Waals surface area contributed by atoms with Crippen molar-refractivity contribution in [2.24, 2.45) is 0 Å². The summed E-state index contributed by atoms with van der Waals surface area (Å²) in [5, 5.41) is -0.299. The van der Waals surface area contributed by atoms with E-state index in [-0.39, 0.29) is 18.0 Å². The number of hydrogen-bond acceptors (Lipinski definition) is 4. The fourth-order valence-electron chi connectivity index (χ4n) is 3.30. The van der Waals surface area contributed by atoms with Crippen LogP contribution in [0.15, 0.2) is 83.8 Å². The molecule has 0 saturated heterocycles. The Kier molecular flexibility index (Phi) is 6.06. The minimum atomic E-state index is -0.299. The van der Waals surface area contributed by atoms with Crippen LogP contribution in [-0.2, 0) is 11.3 Å². The molecule has 0 N–H and O–H groups in total. The smallest absolute Gasteiger partial charge is 0.240 e. The predicted molar refractivity (Wildman–Crippen MR) is 115 cm³/mol. The van der Waals surface area contributed by atoms with Crippen LogP contribution < -0.4 is 9.47 Å². The zero-order valence-electron chi connectivity index (χ0n) is 16.3. The summed E-state index contributed by atoms with van der Waals surface area (Å²) in [5.41, 5.74) is 2.04. The van der Waals surface area contributed by atoms with Crippen molar-refractivity contribution in [2.75, 3.05) is 13.3 Å². The minimum absolute atomic E-state index is 0.102. The second kappa shape index (κ2) is 9.05. The van der Waals surface area contributed by atoms with E-state index in [1.165, 1.54) is 0 Å². The number of thioether (sulfide) groups is 1. The van der Waals surface area contributed by atoms with E-state index < -0.39 is 0 Å². The van der Waals surface area contributed by atoms with E-state index >= 15 is 0 Å². The highest BCUT2D eigenvalue weighted by Gasteiger charge is 2.27. The van der Waals surface area contributed by atoms with Crippen molar-refractivity contribution in [2.45, 2.75) is 23.6 Å². The van der Waals surface area contributed by atoms with Gasteiger partial charge in [-0.2, -0.15) is 0 Å². The standard InChI is InChI=1S/C24H23NO3S/c1-2-25(16-18-13-14-21-22(15-18)28-17-27-21)24(26)23(19-9-5-3-6-10-19)29-20-11-7-4-8-12-20/h3-15,23H,2,16-17H2,1H3. The van der Waals surface area contributed by atoms with Gasteiger partial charge in [0.15, 0.2) is 11.5 Å². The summed E-state index contributed by atoms with van der Waals surface area (Å²) in [6, 6.07) is 25.9. The molecule has 4 nitrogen and oxygen atoms in total. The van der Waals surface area contributed by atoms with Crippen LogP contribution in [-0.4, -0.2) is 24.1 Å². The molecule has 0 bridgehead atoms. The van der Waals surface area contributed by atoms with E-state index in [0.717, 1.165) is 27.5 Å². The molecular formula is C24H23NO3S. The van der Waals surface area contributed by atoms with Gasteiger partial charge >= 0.3 is 0 Å². The Morgan fingerprint density at radius 3 is 2.38 bits per heavy atom. The second-order valence-corrected chi connectivity index (χ2v) is 7.94. The Morgan fingerprint density at radius 1 is 0.966 bits per heavy atom. The van der Waals surface area contributed by atoms with Crippen molar-refractivity contribution in [3.05, 3.63) is 90.0 Å². The summed E-state index contributed by atoms with van der Waals surface area (Å²) < 4.78 is 10.9. The van der Waals surface area contributed by atoms with Gasteiger partial charge in [-0.25, -0.2) is 0 Å². The lowest BCUT2D eigenvalue weighted by atomic mass is 10.1. The molecule has 1 heterocycles. The predicted octanol–water partition coefficient (Wildman–Crippen LogP) is 5.30. The first-order valence-corrected chi connectivity index (χ1v) is 10.6. The molecule has 0 aliphatic carbocycles. The molecule has 0 saturated carbocycles. The van der Waals surface area contributed by atoms with E-state index in [0.29, 0.717) is 13.1 Å². The van der Waals surface area contributed by atoms with Crippen LogP contribution in [0, 0.1) is 0 Å². The van der Waals surface area contributed by atoms with Crippen molar-refractivity contribution in [3.8, 4) is 11.5 Å². The van der Waals surface area contributed by atoms with Crippen molar-refractivity contribution >= 4 is 17.7 Å². The van der Waals surface area contributed by atoms with Crippen LogP contribution in [0.5, 0.6) is 11.5 Å². The monoisotopic (exact) mass is 405 g/mol. The average molecular weight is 406 g/mol. The lowest BCUT2D eigenvalue weighted by Crippen LogP contribution is -2.33. The van der Waals surface area contributed by atoms with Crippen molar-refractivity contribution < 1.29 is 14.3 Å². The molecule has 148 valence electrons. The van der Waals surface area contributed by atoms with Crippen molar-refractivity contribution in [1.29, 1.82) is 0 Å². The number of benzene rings is 3. The zero-order chi connectivity index (χ0) is 20.1. The van der Waals surface area contributed by atoms with Crippen LogP contribution in [0.1, 0.15) is 23.3 Å². The third-order valence-corrected chi connectivity index (χ3v) is 6.08. The molecule has 1 amide bonds. The van der Waals surface area contributed by atoms with E-state index in [1.807, 2.05) is 90.7 Å². The van der Waals surface area contributed by atoms with Crippen molar-refractivity contribution in [3.63, 3.8) is 0 Å². The fraction of sp³-hybridized carbons (Fsp3) is 0.208. The van der Waals surface area contributed by atoms with Gasteiger partial charge in [-0.3, -0.25) is 4.79 Å². The van der Waals surface area contributed by atoms with Crippen molar-refractivity contribution in [1.82, 2.24) is 4.90 Å². The molecule has 4 rings (SSSR count). The highest BCUT2D eigenvalue weighted by atomic mass is 32.2. The summed E-state index contributed by atoms with van der Waals surface area (Å²) in [5.74, 6) is 1.60. The molecule has 0 spiro atoms. The normalized spacial score (nSPS) is 13.1. The van der Waals surface area contributed by atoms with Crippen LogP contribution >= 0.6 is 11.8 Å². The largest absolute Gasteiger partial charge is 0.454 e. The maximum Gasteiger partial charge on any atom is 0.240 e. The van der Waals surface area contributed by atoms with Crippen LogP contribution in [0.3, 0.4) is 0 Å². The highest BCUT2D eigenvalue weighted by molar-refractivity contribution is 8.00. The summed E-state index contributed by atoms with van der Waals surface area (Å²) in [6.45, 7) is 3.43. The number of carbonyl (C=O) groups excluding carboxylic acids is 1. The number of ether oxygens (including phenoxy) is 2. The Hall–Kier alpha value is -2.92. The van der Waals surface area contributed by atoms with Crippen LogP contribution in [0.25, 0.3) is 0 Å². The Labute approximate surface area is 175 Å². The first-order valence-electron chi connectivity index (χ1n) is 9.68. The Morgan fingerprint density at radius 2 is 1.66 bits per heavy atom. The maximum atomic E-state index is 13.6. The average Bonchev–Trinajstić information content (AvgIpc) is 3.24.